The summed E-state index contributed by atoms with van der Waals surface area (Å²) in [6.45, 7) is -4.10. The van der Waals surface area contributed by atoms with E-state index in [2.05, 4.69) is 4.74 Å². The van der Waals surface area contributed by atoms with E-state index in [1.54, 1.807) is 0 Å². The lowest BCUT2D eigenvalue weighted by Gasteiger charge is -2.64. The number of carbonyl (C=O) groups is 1. The van der Waals surface area contributed by atoms with Gasteiger partial charge in [0.05, 0.1) is 0 Å². The van der Waals surface area contributed by atoms with Crippen molar-refractivity contribution in [3.63, 3.8) is 0 Å². The van der Waals surface area contributed by atoms with E-state index in [-0.39, 0.29) is 0 Å². The summed E-state index contributed by atoms with van der Waals surface area (Å²) >= 11 is 0. The molecule has 33 heavy (non-hydrogen) atoms. The number of rotatable bonds is 3. The normalized spacial score (nSPS) is 41.0. The molecule has 0 saturated heterocycles. The van der Waals surface area contributed by atoms with E-state index in [0.717, 1.165) is 0 Å². The summed E-state index contributed by atoms with van der Waals surface area (Å²) in [4.78, 5) is 11.5. The first kappa shape index (κ1) is 27.5. The molecule has 0 N–H and O–H groups in total. The first-order chi connectivity index (χ1) is 14.2. The molecule has 0 spiro atoms. The molecular formula is C13H4F17O3. The number of hydrogen-bond acceptors (Lipinski definition) is 2. The van der Waals surface area contributed by atoms with Crippen LogP contribution in [0.1, 0.15) is 0 Å². The molecule has 2 rings (SSSR count). The first-order valence-corrected chi connectivity index (χ1v) is 7.70. The molecule has 1 radical (unpaired) electrons. The quantitative estimate of drug-likeness (QED) is 0.397. The van der Waals surface area contributed by atoms with E-state index in [9.17, 15) is 80.1 Å². The topological polar surface area (TPSA) is 46.2 Å². The lowest BCUT2D eigenvalue weighted by atomic mass is 9.50. The zero-order valence-electron chi connectivity index (χ0n) is 14.6. The third-order valence-electron chi connectivity index (χ3n) is 5.25. The Morgan fingerprint density at radius 1 is 0.485 bits per heavy atom. The molecule has 0 heterocycles. The van der Waals surface area contributed by atoms with Crippen molar-refractivity contribution in [2.45, 2.75) is 58.5 Å². The molecule has 0 aliphatic heterocycles. The lowest BCUT2D eigenvalue weighted by Crippen LogP contribution is -3.00. The molecule has 2 fully saturated rings. The fourth-order valence-corrected chi connectivity index (χ4v) is 3.48. The molecule has 20 heteroatoms. The fraction of sp³-hybridized carbons (Fsp3) is 0.923. The average Bonchev–Trinajstić information content (AvgIpc) is 2.66. The SMILES string of the molecule is [O]CCOC(=O)C1(F)C(F)(F)C(F)(F)C(F)(F)C2(F)C(F)(F)C(F)(F)C(F)(F)C(F)(F)C12F. The minimum absolute atomic E-state index is 1.97. The standard InChI is InChI=1S/C13H4F17O3/c14-4(3(32)33-2-1-31)5(15)6(16,9(21,22)11(25,26)7(4,17)18)10(23,24)13(29,30)12(27,28)8(5,19)20/h1-2H2. The number of carbonyl (C=O) groups excluding carboxylic acids is 1. The Balaban J connectivity index is 3.26. The Kier molecular flexibility index (Phi) is 5.22. The highest BCUT2D eigenvalue weighted by Gasteiger charge is 3.15. The van der Waals surface area contributed by atoms with Crippen molar-refractivity contribution in [3.8, 4) is 0 Å². The van der Waals surface area contributed by atoms with E-state index in [1.165, 1.54) is 0 Å². The van der Waals surface area contributed by atoms with Crippen molar-refractivity contribution in [2.24, 2.45) is 0 Å². The van der Waals surface area contributed by atoms with Crippen molar-refractivity contribution in [1.82, 2.24) is 0 Å². The van der Waals surface area contributed by atoms with Crippen LogP contribution < -0.4 is 0 Å². The zero-order chi connectivity index (χ0) is 26.7. The van der Waals surface area contributed by atoms with E-state index >= 15 is 4.39 Å². The molecule has 0 amide bonds. The number of ether oxygens (including phenoxy) is 1. The summed E-state index contributed by atoms with van der Waals surface area (Å²) in [5.41, 5.74) is -25.2. The Morgan fingerprint density at radius 3 is 1.12 bits per heavy atom. The van der Waals surface area contributed by atoms with Crippen LogP contribution in [-0.4, -0.2) is 77.6 Å². The van der Waals surface area contributed by atoms with Crippen LogP contribution in [0.4, 0.5) is 74.6 Å². The predicted octanol–water partition coefficient (Wildman–Crippen LogP) is 4.56. The number of esters is 1. The van der Waals surface area contributed by atoms with E-state index in [0.29, 0.717) is 0 Å². The molecule has 2 saturated carbocycles. The second-order valence-electron chi connectivity index (χ2n) is 6.84. The van der Waals surface area contributed by atoms with Crippen molar-refractivity contribution >= 4 is 5.97 Å². The van der Waals surface area contributed by atoms with Crippen LogP contribution in [-0.2, 0) is 14.6 Å². The summed E-state index contributed by atoms with van der Waals surface area (Å²) in [5.74, 6) is -63.0. The van der Waals surface area contributed by atoms with E-state index in [1.807, 2.05) is 0 Å². The molecule has 2 aliphatic rings. The Labute approximate surface area is 168 Å². The lowest BCUT2D eigenvalue weighted by molar-refractivity contribution is -0.543. The predicted molar refractivity (Wildman–Crippen MR) is 62.7 cm³/mol. The van der Waals surface area contributed by atoms with Gasteiger partial charge in [-0.05, 0) is 0 Å². The molecule has 2 aliphatic carbocycles. The summed E-state index contributed by atoms with van der Waals surface area (Å²) in [5, 5.41) is 10.1. The van der Waals surface area contributed by atoms with Gasteiger partial charge in [-0.3, -0.25) is 0 Å². The average molecular weight is 531 g/mol. The second kappa shape index (κ2) is 6.27. The summed E-state index contributed by atoms with van der Waals surface area (Å²) < 4.78 is 241. The molecule has 193 valence electrons. The largest absolute Gasteiger partial charge is 0.460 e. The van der Waals surface area contributed by atoms with Crippen LogP contribution in [0.25, 0.3) is 0 Å². The van der Waals surface area contributed by atoms with E-state index < -0.39 is 77.6 Å². The van der Waals surface area contributed by atoms with Crippen molar-refractivity contribution in [1.29, 1.82) is 0 Å². The van der Waals surface area contributed by atoms with Gasteiger partial charge >= 0.3 is 53.1 Å². The Hall–Kier alpha value is -1.76. The molecule has 3 nitrogen and oxygen atoms in total. The van der Waals surface area contributed by atoms with Gasteiger partial charge in [-0.1, -0.05) is 0 Å². The van der Waals surface area contributed by atoms with E-state index in [4.69, 9.17) is 0 Å². The van der Waals surface area contributed by atoms with Crippen LogP contribution in [0.15, 0.2) is 0 Å². The number of alkyl halides is 17. The van der Waals surface area contributed by atoms with Gasteiger partial charge in [0.25, 0.3) is 11.3 Å². The molecule has 0 aromatic rings. The van der Waals surface area contributed by atoms with Crippen LogP contribution >= 0.6 is 0 Å². The van der Waals surface area contributed by atoms with Crippen LogP contribution in [0.2, 0.25) is 0 Å². The van der Waals surface area contributed by atoms with Crippen LogP contribution in [0.3, 0.4) is 0 Å². The maximum atomic E-state index is 15.1. The maximum absolute atomic E-state index is 15.1. The summed E-state index contributed by atoms with van der Waals surface area (Å²) in [6, 6.07) is 0. The minimum Gasteiger partial charge on any atom is -0.460 e. The zero-order valence-corrected chi connectivity index (χ0v) is 14.6. The Morgan fingerprint density at radius 2 is 0.788 bits per heavy atom. The van der Waals surface area contributed by atoms with Crippen molar-refractivity contribution < 1.29 is 89.3 Å². The van der Waals surface area contributed by atoms with Gasteiger partial charge in [0.15, 0.2) is 0 Å². The first-order valence-electron chi connectivity index (χ1n) is 7.70. The molecule has 3 atom stereocenters. The van der Waals surface area contributed by atoms with Gasteiger partial charge in [0, 0.05) is 0 Å². The fourth-order valence-electron chi connectivity index (χ4n) is 3.48. The maximum Gasteiger partial charge on any atom is 0.382 e. The van der Waals surface area contributed by atoms with Crippen LogP contribution in [0.5, 0.6) is 0 Å². The number of fused-ring (bicyclic) bond motifs is 1. The van der Waals surface area contributed by atoms with Gasteiger partial charge < -0.3 is 4.74 Å². The van der Waals surface area contributed by atoms with Crippen LogP contribution in [0, 0.1) is 0 Å². The number of hydrogen-bond donors (Lipinski definition) is 0. The van der Waals surface area contributed by atoms with Gasteiger partial charge in [-0.15, -0.1) is 0 Å². The molecule has 0 aromatic heterocycles. The van der Waals surface area contributed by atoms with Crippen molar-refractivity contribution in [3.05, 3.63) is 0 Å². The van der Waals surface area contributed by atoms with Gasteiger partial charge in [0.2, 0.25) is 0 Å². The Bertz CT molecular complexity index is 845. The molecule has 3 unspecified atom stereocenters. The summed E-state index contributed by atoms with van der Waals surface area (Å²) in [7, 11) is 0. The monoisotopic (exact) mass is 531 g/mol. The third-order valence-corrected chi connectivity index (χ3v) is 5.25. The second-order valence-corrected chi connectivity index (χ2v) is 6.84. The highest BCUT2D eigenvalue weighted by molar-refractivity contribution is 5.85. The number of halogens is 17. The van der Waals surface area contributed by atoms with Gasteiger partial charge in [0.1, 0.15) is 13.2 Å². The molecule has 0 bridgehead atoms. The summed E-state index contributed by atoms with van der Waals surface area (Å²) in [6.07, 6.45) is 0. The van der Waals surface area contributed by atoms with Gasteiger partial charge in [-0.25, -0.2) is 23.1 Å². The highest BCUT2D eigenvalue weighted by atomic mass is 19.4. The minimum atomic E-state index is -8.67. The molecule has 0 aromatic carbocycles. The molecular weight excluding hydrogens is 527 g/mol. The van der Waals surface area contributed by atoms with Gasteiger partial charge in [-0.2, -0.15) is 61.5 Å². The smallest absolute Gasteiger partial charge is 0.382 e. The highest BCUT2D eigenvalue weighted by Crippen LogP contribution is 2.80. The van der Waals surface area contributed by atoms with Crippen molar-refractivity contribution in [2.75, 3.05) is 13.2 Å². The third kappa shape index (κ3) is 2.10.